The van der Waals surface area contributed by atoms with Gasteiger partial charge in [-0.15, -0.1) is 0 Å². The predicted octanol–water partition coefficient (Wildman–Crippen LogP) is 2.81. The summed E-state index contributed by atoms with van der Waals surface area (Å²) in [5, 5.41) is 0. The molecule has 0 aliphatic carbocycles. The van der Waals surface area contributed by atoms with Crippen LogP contribution in [0, 0.1) is 6.92 Å². The lowest BCUT2D eigenvalue weighted by Gasteiger charge is -2.05. The highest BCUT2D eigenvalue weighted by Gasteiger charge is 2.34. The summed E-state index contributed by atoms with van der Waals surface area (Å²) in [5.41, 5.74) is 3.20. The predicted molar refractivity (Wildman–Crippen MR) is 75.2 cm³/mol. The lowest BCUT2D eigenvalue weighted by Crippen LogP contribution is -1.97. The fourth-order valence-corrected chi connectivity index (χ4v) is 2.16. The number of benzene rings is 1. The Balaban J connectivity index is 2.49. The van der Waals surface area contributed by atoms with Crippen molar-refractivity contribution in [3.05, 3.63) is 46.0 Å². The molecule has 1 heterocycles. The second-order valence-electron chi connectivity index (χ2n) is 4.84. The van der Waals surface area contributed by atoms with Crippen LogP contribution in [0.3, 0.4) is 0 Å². The molecule has 104 valence electrons. The van der Waals surface area contributed by atoms with Gasteiger partial charge in [0.2, 0.25) is 0 Å². The van der Waals surface area contributed by atoms with Gasteiger partial charge < -0.3 is 9.47 Å². The highest BCUT2D eigenvalue weighted by molar-refractivity contribution is 6.20. The summed E-state index contributed by atoms with van der Waals surface area (Å²) < 4.78 is 9.86. The molecule has 0 saturated carbocycles. The minimum atomic E-state index is -0.598. The first kappa shape index (κ1) is 14.1. The molecule has 1 saturated heterocycles. The van der Waals surface area contributed by atoms with E-state index in [1.54, 1.807) is 27.0 Å². The van der Waals surface area contributed by atoms with Crippen molar-refractivity contribution in [2.75, 3.05) is 7.11 Å². The molecule has 20 heavy (non-hydrogen) atoms. The standard InChI is InChI=1S/C16H16O4/c1-9(2)14-12(15(17)20-16(14)18)8-11-5-6-13(19-4)10(3)7-11/h5-8H,1-4H3/b12-8+. The summed E-state index contributed by atoms with van der Waals surface area (Å²) in [7, 11) is 1.61. The number of cyclic esters (lactones) is 2. The van der Waals surface area contributed by atoms with E-state index in [1.807, 2.05) is 25.1 Å². The first-order valence-corrected chi connectivity index (χ1v) is 6.24. The molecular formula is C16H16O4. The molecule has 0 radical (unpaired) electrons. The maximum absolute atomic E-state index is 11.7. The van der Waals surface area contributed by atoms with Crippen LogP contribution in [0.25, 0.3) is 6.08 Å². The Morgan fingerprint density at radius 3 is 2.45 bits per heavy atom. The molecular weight excluding hydrogens is 256 g/mol. The van der Waals surface area contributed by atoms with Crippen LogP contribution >= 0.6 is 0 Å². The Labute approximate surface area is 117 Å². The zero-order chi connectivity index (χ0) is 14.9. The van der Waals surface area contributed by atoms with E-state index in [1.165, 1.54) is 0 Å². The summed E-state index contributed by atoms with van der Waals surface area (Å²) in [6.07, 6.45) is 1.67. The van der Waals surface area contributed by atoms with Crippen molar-refractivity contribution in [1.82, 2.24) is 0 Å². The van der Waals surface area contributed by atoms with Gasteiger partial charge in [0.25, 0.3) is 0 Å². The Hall–Kier alpha value is -2.36. The van der Waals surface area contributed by atoms with E-state index >= 15 is 0 Å². The number of esters is 2. The molecule has 1 fully saturated rings. The van der Waals surface area contributed by atoms with Crippen molar-refractivity contribution < 1.29 is 19.1 Å². The Morgan fingerprint density at radius 1 is 1.20 bits per heavy atom. The number of aryl methyl sites for hydroxylation is 1. The maximum Gasteiger partial charge on any atom is 0.346 e. The van der Waals surface area contributed by atoms with Crippen LogP contribution in [-0.4, -0.2) is 19.0 Å². The molecule has 0 spiro atoms. The largest absolute Gasteiger partial charge is 0.496 e. The maximum atomic E-state index is 11.7. The summed E-state index contributed by atoms with van der Waals surface area (Å²) in [4.78, 5) is 23.4. The van der Waals surface area contributed by atoms with Crippen LogP contribution in [0.15, 0.2) is 34.9 Å². The minimum Gasteiger partial charge on any atom is -0.496 e. The summed E-state index contributed by atoms with van der Waals surface area (Å²) >= 11 is 0. The lowest BCUT2D eigenvalue weighted by atomic mass is 10.0. The highest BCUT2D eigenvalue weighted by atomic mass is 16.6. The molecule has 0 N–H and O–H groups in total. The van der Waals surface area contributed by atoms with Gasteiger partial charge in [-0.25, -0.2) is 9.59 Å². The smallest absolute Gasteiger partial charge is 0.346 e. The Kier molecular flexibility index (Phi) is 3.74. The van der Waals surface area contributed by atoms with Gasteiger partial charge in [-0.1, -0.05) is 11.6 Å². The number of ether oxygens (including phenoxy) is 2. The molecule has 1 aliphatic rings. The number of hydrogen-bond acceptors (Lipinski definition) is 4. The molecule has 0 unspecified atom stereocenters. The molecule has 1 aromatic rings. The molecule has 1 aliphatic heterocycles. The van der Waals surface area contributed by atoms with Crippen molar-refractivity contribution in [1.29, 1.82) is 0 Å². The Morgan fingerprint density at radius 2 is 1.90 bits per heavy atom. The van der Waals surface area contributed by atoms with E-state index in [4.69, 9.17) is 4.74 Å². The number of methoxy groups -OCH3 is 1. The van der Waals surface area contributed by atoms with Gasteiger partial charge in [0, 0.05) is 0 Å². The third-order valence-electron chi connectivity index (χ3n) is 3.11. The van der Waals surface area contributed by atoms with Gasteiger partial charge in [0.1, 0.15) is 5.75 Å². The molecule has 0 bridgehead atoms. The monoisotopic (exact) mass is 272 g/mol. The zero-order valence-corrected chi connectivity index (χ0v) is 11.9. The van der Waals surface area contributed by atoms with E-state index in [-0.39, 0.29) is 0 Å². The van der Waals surface area contributed by atoms with Crippen molar-refractivity contribution in [3.63, 3.8) is 0 Å². The lowest BCUT2D eigenvalue weighted by molar-refractivity contribution is -0.149. The molecule has 0 aromatic heterocycles. The summed E-state index contributed by atoms with van der Waals surface area (Å²) in [6, 6.07) is 5.55. The second kappa shape index (κ2) is 5.33. The normalized spacial score (nSPS) is 16.6. The van der Waals surface area contributed by atoms with E-state index in [0.717, 1.165) is 22.4 Å². The van der Waals surface area contributed by atoms with Crippen LogP contribution in [0.5, 0.6) is 5.75 Å². The van der Waals surface area contributed by atoms with Crippen LogP contribution in [0.2, 0.25) is 0 Å². The first-order chi connectivity index (χ1) is 9.43. The van der Waals surface area contributed by atoms with Gasteiger partial charge in [0.15, 0.2) is 0 Å². The first-order valence-electron chi connectivity index (χ1n) is 6.24. The van der Waals surface area contributed by atoms with Crippen LogP contribution < -0.4 is 4.74 Å². The summed E-state index contributed by atoms with van der Waals surface area (Å²) in [6.45, 7) is 5.48. The van der Waals surface area contributed by atoms with E-state index in [0.29, 0.717) is 11.1 Å². The molecule has 0 atom stereocenters. The molecule has 2 rings (SSSR count). The van der Waals surface area contributed by atoms with Crippen LogP contribution in [0.4, 0.5) is 0 Å². The van der Waals surface area contributed by atoms with Gasteiger partial charge in [-0.3, -0.25) is 0 Å². The van der Waals surface area contributed by atoms with E-state index in [9.17, 15) is 9.59 Å². The van der Waals surface area contributed by atoms with Crippen LogP contribution in [0.1, 0.15) is 25.0 Å². The van der Waals surface area contributed by atoms with Crippen molar-refractivity contribution >= 4 is 18.0 Å². The number of rotatable bonds is 2. The second-order valence-corrected chi connectivity index (χ2v) is 4.84. The zero-order valence-electron chi connectivity index (χ0n) is 11.9. The quantitative estimate of drug-likeness (QED) is 0.472. The Bertz CT molecular complexity index is 646. The third kappa shape index (κ3) is 2.50. The molecule has 4 heteroatoms. The molecule has 1 aromatic carbocycles. The average molecular weight is 272 g/mol. The fourth-order valence-electron chi connectivity index (χ4n) is 2.16. The van der Waals surface area contributed by atoms with Crippen molar-refractivity contribution in [3.8, 4) is 5.75 Å². The average Bonchev–Trinajstić information content (AvgIpc) is 2.64. The topological polar surface area (TPSA) is 52.6 Å². The van der Waals surface area contributed by atoms with E-state index in [2.05, 4.69) is 4.74 Å². The van der Waals surface area contributed by atoms with Gasteiger partial charge >= 0.3 is 11.9 Å². The highest BCUT2D eigenvalue weighted by Crippen LogP contribution is 2.28. The number of carbonyl (C=O) groups excluding carboxylic acids is 2. The number of hydrogen-bond donors (Lipinski definition) is 0. The van der Waals surface area contributed by atoms with Gasteiger partial charge in [0.05, 0.1) is 18.3 Å². The SMILES string of the molecule is COc1ccc(/C=C2/C(=O)OC(=O)C2=C(C)C)cc1C. The van der Waals surface area contributed by atoms with Gasteiger partial charge in [-0.05, 0) is 50.1 Å². The van der Waals surface area contributed by atoms with Crippen molar-refractivity contribution in [2.45, 2.75) is 20.8 Å². The number of carbonyl (C=O) groups is 2. The fraction of sp³-hybridized carbons (Fsp3) is 0.250. The molecule has 0 amide bonds. The number of allylic oxidation sites excluding steroid dienone is 1. The van der Waals surface area contributed by atoms with E-state index < -0.39 is 11.9 Å². The van der Waals surface area contributed by atoms with Crippen molar-refractivity contribution in [2.24, 2.45) is 0 Å². The van der Waals surface area contributed by atoms with Gasteiger partial charge in [-0.2, -0.15) is 0 Å². The third-order valence-corrected chi connectivity index (χ3v) is 3.11. The minimum absolute atomic E-state index is 0.305. The summed E-state index contributed by atoms with van der Waals surface area (Å²) in [5.74, 6) is -0.397. The molecule has 4 nitrogen and oxygen atoms in total. The van der Waals surface area contributed by atoms with Crippen LogP contribution in [-0.2, 0) is 14.3 Å².